The Kier molecular flexibility index (Phi) is 5.18. The van der Waals surface area contributed by atoms with Crippen LogP contribution in [0.4, 0.5) is 0 Å². The number of H-pyrrole nitrogens is 1. The fraction of sp³-hybridized carbons (Fsp3) is 0.217. The highest BCUT2D eigenvalue weighted by Crippen LogP contribution is 2.44. The van der Waals surface area contributed by atoms with Gasteiger partial charge in [-0.1, -0.05) is 24.3 Å². The number of carbonyl (C=O) groups is 1. The second-order valence-corrected chi connectivity index (χ2v) is 6.78. The quantitative estimate of drug-likeness (QED) is 0.631. The molecule has 0 bridgehead atoms. The number of hydrogen-bond donors (Lipinski definition) is 2. The molecule has 0 saturated carbocycles. The van der Waals surface area contributed by atoms with Crippen molar-refractivity contribution in [2.75, 3.05) is 13.2 Å². The maximum absolute atomic E-state index is 13.1. The summed E-state index contributed by atoms with van der Waals surface area (Å²) in [6.07, 6.45) is 0. The van der Waals surface area contributed by atoms with Crippen molar-refractivity contribution in [2.24, 2.45) is 5.73 Å². The molecule has 7 nitrogen and oxygen atoms in total. The maximum Gasteiger partial charge on any atom is 0.340 e. The molecule has 0 fully saturated rings. The van der Waals surface area contributed by atoms with E-state index in [1.54, 1.807) is 19.1 Å². The Bertz CT molecular complexity index is 1210. The van der Waals surface area contributed by atoms with Crippen LogP contribution in [0, 0.1) is 0 Å². The lowest BCUT2D eigenvalue weighted by Crippen LogP contribution is -2.32. The summed E-state index contributed by atoms with van der Waals surface area (Å²) in [5.74, 6) is -0.501. The lowest BCUT2D eigenvalue weighted by molar-refractivity contribution is -0.139. The first-order valence-corrected chi connectivity index (χ1v) is 9.77. The van der Waals surface area contributed by atoms with Gasteiger partial charge in [0.25, 0.3) is 5.56 Å². The van der Waals surface area contributed by atoms with Gasteiger partial charge in [0.1, 0.15) is 17.1 Å². The molecule has 3 aromatic rings. The smallest absolute Gasteiger partial charge is 0.340 e. The van der Waals surface area contributed by atoms with E-state index < -0.39 is 11.9 Å². The number of rotatable bonds is 5. The molecule has 30 heavy (non-hydrogen) atoms. The van der Waals surface area contributed by atoms with Crippen molar-refractivity contribution in [2.45, 2.75) is 19.8 Å². The van der Waals surface area contributed by atoms with Crippen LogP contribution in [0.5, 0.6) is 11.5 Å². The molecule has 0 unspecified atom stereocenters. The van der Waals surface area contributed by atoms with Gasteiger partial charge in [-0.2, -0.15) is 0 Å². The number of hydrogen-bond acceptors (Lipinski definition) is 6. The largest absolute Gasteiger partial charge is 0.494 e. The molecule has 2 heterocycles. The minimum atomic E-state index is -0.762. The Balaban J connectivity index is 2.01. The Labute approximate surface area is 173 Å². The second kappa shape index (κ2) is 7.94. The highest BCUT2D eigenvalue weighted by Gasteiger charge is 2.38. The molecule has 0 amide bonds. The summed E-state index contributed by atoms with van der Waals surface area (Å²) in [4.78, 5) is 28.8. The van der Waals surface area contributed by atoms with E-state index in [0.717, 1.165) is 0 Å². The molecular formula is C23H22N2O5. The first kappa shape index (κ1) is 19.6. The third-order valence-electron chi connectivity index (χ3n) is 4.96. The molecule has 0 saturated heterocycles. The molecule has 0 spiro atoms. The molecule has 7 heteroatoms. The predicted octanol–water partition coefficient (Wildman–Crippen LogP) is 3.18. The number of ether oxygens (including phenoxy) is 3. The molecule has 4 rings (SSSR count). The topological polar surface area (TPSA) is 104 Å². The molecule has 2 aromatic carbocycles. The van der Waals surface area contributed by atoms with Crippen LogP contribution in [0.25, 0.3) is 10.9 Å². The fourth-order valence-corrected chi connectivity index (χ4v) is 3.76. The van der Waals surface area contributed by atoms with Crippen molar-refractivity contribution in [1.29, 1.82) is 0 Å². The predicted molar refractivity (Wildman–Crippen MR) is 112 cm³/mol. The first-order valence-electron chi connectivity index (χ1n) is 9.77. The third-order valence-corrected chi connectivity index (χ3v) is 4.96. The number of nitrogens with one attached hydrogen (secondary N) is 1. The SMILES string of the molecule is CCOC(=O)C1=C(N)Oc2c(c(=O)[nH]c3ccccc23)[C@@H]1c1cccc(OCC)c1. The molecule has 1 aliphatic rings. The number of aromatic nitrogens is 1. The van der Waals surface area contributed by atoms with Crippen LogP contribution >= 0.6 is 0 Å². The number of para-hydroxylation sites is 1. The van der Waals surface area contributed by atoms with E-state index in [1.165, 1.54) is 0 Å². The molecular weight excluding hydrogens is 384 g/mol. The van der Waals surface area contributed by atoms with Crippen molar-refractivity contribution in [3.63, 3.8) is 0 Å². The van der Waals surface area contributed by atoms with Gasteiger partial charge in [0.15, 0.2) is 0 Å². The molecule has 1 aromatic heterocycles. The van der Waals surface area contributed by atoms with Crippen LogP contribution in [0.2, 0.25) is 0 Å². The number of aromatic amines is 1. The summed E-state index contributed by atoms with van der Waals surface area (Å²) in [6, 6.07) is 14.5. The lowest BCUT2D eigenvalue weighted by atomic mass is 9.83. The van der Waals surface area contributed by atoms with E-state index >= 15 is 0 Å². The van der Waals surface area contributed by atoms with Gasteiger partial charge in [0.05, 0.1) is 30.2 Å². The molecule has 1 atom stereocenters. The van der Waals surface area contributed by atoms with Gasteiger partial charge < -0.3 is 24.9 Å². The molecule has 0 aliphatic carbocycles. The van der Waals surface area contributed by atoms with Gasteiger partial charge >= 0.3 is 5.97 Å². The summed E-state index contributed by atoms with van der Waals surface area (Å²) in [5, 5.41) is 0.698. The average Bonchev–Trinajstić information content (AvgIpc) is 2.73. The zero-order chi connectivity index (χ0) is 21.3. The number of benzene rings is 2. The normalized spacial score (nSPS) is 15.5. The Hall–Kier alpha value is -3.74. The Morgan fingerprint density at radius 2 is 1.93 bits per heavy atom. The summed E-state index contributed by atoms with van der Waals surface area (Å²) in [6.45, 7) is 4.25. The number of nitrogens with two attached hydrogens (primary N) is 1. The van der Waals surface area contributed by atoms with Crippen LogP contribution in [0.1, 0.15) is 30.9 Å². The standard InChI is InChI=1S/C23H22N2O5/c1-3-28-14-9-7-8-13(12-14)17-18-20(30-21(24)19(17)23(27)29-4-2)15-10-5-6-11-16(15)25-22(18)26/h5-12,17H,3-4,24H2,1-2H3,(H,25,26)/t17-/m0/s1. The summed E-state index contributed by atoms with van der Waals surface area (Å²) in [7, 11) is 0. The number of pyridine rings is 1. The van der Waals surface area contributed by atoms with E-state index in [9.17, 15) is 9.59 Å². The average molecular weight is 406 g/mol. The number of carbonyl (C=O) groups excluding carboxylic acids is 1. The Morgan fingerprint density at radius 3 is 2.70 bits per heavy atom. The highest BCUT2D eigenvalue weighted by molar-refractivity contribution is 5.95. The van der Waals surface area contributed by atoms with Gasteiger partial charge in [-0.05, 0) is 43.7 Å². The molecule has 3 N–H and O–H groups in total. The molecule has 154 valence electrons. The zero-order valence-electron chi connectivity index (χ0n) is 16.7. The highest BCUT2D eigenvalue weighted by atomic mass is 16.5. The summed E-state index contributed by atoms with van der Waals surface area (Å²) < 4.78 is 16.7. The molecule has 1 aliphatic heterocycles. The molecule has 0 radical (unpaired) electrons. The van der Waals surface area contributed by atoms with E-state index in [4.69, 9.17) is 19.9 Å². The van der Waals surface area contributed by atoms with Crippen LogP contribution in [0.15, 0.2) is 64.8 Å². The van der Waals surface area contributed by atoms with Crippen molar-refractivity contribution in [1.82, 2.24) is 4.98 Å². The number of fused-ring (bicyclic) bond motifs is 3. The van der Waals surface area contributed by atoms with Crippen LogP contribution in [-0.4, -0.2) is 24.2 Å². The zero-order valence-corrected chi connectivity index (χ0v) is 16.7. The van der Waals surface area contributed by atoms with Crippen LogP contribution < -0.4 is 20.8 Å². The second-order valence-electron chi connectivity index (χ2n) is 6.78. The van der Waals surface area contributed by atoms with Crippen molar-refractivity contribution in [3.05, 3.63) is 81.5 Å². The van der Waals surface area contributed by atoms with Gasteiger partial charge in [-0.3, -0.25) is 4.79 Å². The van der Waals surface area contributed by atoms with Crippen molar-refractivity contribution < 1.29 is 19.0 Å². The van der Waals surface area contributed by atoms with E-state index in [1.807, 2.05) is 43.3 Å². The summed E-state index contributed by atoms with van der Waals surface area (Å²) >= 11 is 0. The van der Waals surface area contributed by atoms with Gasteiger partial charge in [-0.15, -0.1) is 0 Å². The lowest BCUT2D eigenvalue weighted by Gasteiger charge is -2.28. The Morgan fingerprint density at radius 1 is 1.13 bits per heavy atom. The van der Waals surface area contributed by atoms with Gasteiger partial charge in [0, 0.05) is 5.39 Å². The van der Waals surface area contributed by atoms with Crippen molar-refractivity contribution in [3.8, 4) is 11.5 Å². The maximum atomic E-state index is 13.1. The summed E-state index contributed by atoms with van der Waals surface area (Å²) in [5.41, 5.74) is 7.55. The first-order chi connectivity index (χ1) is 14.5. The number of esters is 1. The minimum Gasteiger partial charge on any atom is -0.494 e. The van der Waals surface area contributed by atoms with Gasteiger partial charge in [0.2, 0.25) is 5.88 Å². The van der Waals surface area contributed by atoms with Crippen molar-refractivity contribution >= 4 is 16.9 Å². The van der Waals surface area contributed by atoms with Gasteiger partial charge in [-0.25, -0.2) is 4.79 Å². The fourth-order valence-electron chi connectivity index (χ4n) is 3.76. The minimum absolute atomic E-state index is 0.0801. The van der Waals surface area contributed by atoms with Crippen LogP contribution in [0.3, 0.4) is 0 Å². The monoisotopic (exact) mass is 406 g/mol. The van der Waals surface area contributed by atoms with E-state index in [0.29, 0.717) is 40.1 Å². The van der Waals surface area contributed by atoms with Crippen LogP contribution in [-0.2, 0) is 9.53 Å². The van der Waals surface area contributed by atoms with E-state index in [-0.39, 0.29) is 23.6 Å². The van der Waals surface area contributed by atoms with E-state index in [2.05, 4.69) is 4.98 Å². The third kappa shape index (κ3) is 3.28.